The minimum Gasteiger partial charge on any atom is -0.381 e. The predicted octanol–water partition coefficient (Wildman–Crippen LogP) is -0.300. The van der Waals surface area contributed by atoms with Crippen LogP contribution in [0.4, 0.5) is 5.82 Å². The van der Waals surface area contributed by atoms with Crippen molar-refractivity contribution in [2.24, 2.45) is 0 Å². The van der Waals surface area contributed by atoms with Crippen molar-refractivity contribution in [2.75, 3.05) is 5.73 Å². The Hall–Kier alpha value is -1.59. The van der Waals surface area contributed by atoms with E-state index in [0.29, 0.717) is 11.9 Å². The van der Waals surface area contributed by atoms with Crippen molar-refractivity contribution in [3.05, 3.63) is 6.20 Å². The van der Waals surface area contributed by atoms with Crippen LogP contribution < -0.4 is 11.1 Å². The first-order chi connectivity index (χ1) is 6.66. The summed E-state index contributed by atoms with van der Waals surface area (Å²) in [5.74, 6) is 0.277. The Bertz CT molecular complexity index is 343. The average molecular weight is 195 g/mol. The second kappa shape index (κ2) is 3.28. The fourth-order valence-electron chi connectivity index (χ4n) is 1.13. The van der Waals surface area contributed by atoms with Crippen molar-refractivity contribution in [1.29, 1.82) is 0 Å². The van der Waals surface area contributed by atoms with Crippen molar-refractivity contribution >= 4 is 11.7 Å². The molecule has 0 saturated heterocycles. The average Bonchev–Trinajstić information content (AvgIpc) is 2.85. The van der Waals surface area contributed by atoms with Gasteiger partial charge in [0.2, 0.25) is 5.91 Å². The highest BCUT2D eigenvalue weighted by molar-refractivity contribution is 5.80. The number of hydrogen-bond acceptors (Lipinski definition) is 4. The molecule has 6 nitrogen and oxygen atoms in total. The Morgan fingerprint density at radius 3 is 3.00 bits per heavy atom. The van der Waals surface area contributed by atoms with Crippen molar-refractivity contribution in [2.45, 2.75) is 31.8 Å². The molecule has 0 bridgehead atoms. The lowest BCUT2D eigenvalue weighted by atomic mass is 10.3. The smallest absolute Gasteiger partial charge is 0.246 e. The number of nitrogen functional groups attached to an aromatic ring is 1. The van der Waals surface area contributed by atoms with Gasteiger partial charge in [-0.15, -0.1) is 5.10 Å². The number of nitrogens with zero attached hydrogens (tertiary/aromatic N) is 3. The highest BCUT2D eigenvalue weighted by Crippen LogP contribution is 2.19. The Kier molecular flexibility index (Phi) is 2.11. The van der Waals surface area contributed by atoms with Crippen molar-refractivity contribution in [1.82, 2.24) is 20.3 Å². The van der Waals surface area contributed by atoms with Crippen molar-refractivity contribution in [3.63, 3.8) is 0 Å². The van der Waals surface area contributed by atoms with Gasteiger partial charge in [0.05, 0.1) is 6.20 Å². The van der Waals surface area contributed by atoms with Gasteiger partial charge < -0.3 is 11.1 Å². The molecule has 0 spiro atoms. The van der Waals surface area contributed by atoms with Gasteiger partial charge in [0.15, 0.2) is 5.82 Å². The molecule has 1 fully saturated rings. The van der Waals surface area contributed by atoms with E-state index < -0.39 is 6.04 Å². The third kappa shape index (κ3) is 1.84. The summed E-state index contributed by atoms with van der Waals surface area (Å²) in [6, 6.07) is -0.0363. The molecule has 1 aliphatic carbocycles. The molecule has 0 radical (unpaired) electrons. The van der Waals surface area contributed by atoms with E-state index in [4.69, 9.17) is 5.73 Å². The lowest BCUT2D eigenvalue weighted by Crippen LogP contribution is -2.33. The van der Waals surface area contributed by atoms with Crippen LogP contribution in [0.1, 0.15) is 25.8 Å². The van der Waals surface area contributed by atoms with Crippen LogP contribution in [0, 0.1) is 0 Å². The molecule has 14 heavy (non-hydrogen) atoms. The molecule has 6 heteroatoms. The number of hydrogen-bond donors (Lipinski definition) is 2. The summed E-state index contributed by atoms with van der Waals surface area (Å²) in [7, 11) is 0. The molecular formula is C8H13N5O. The number of carbonyl (C=O) groups excluding carboxylic acids is 1. The van der Waals surface area contributed by atoms with E-state index in [1.54, 1.807) is 6.92 Å². The third-order valence-electron chi connectivity index (χ3n) is 2.18. The van der Waals surface area contributed by atoms with E-state index in [-0.39, 0.29) is 5.91 Å². The van der Waals surface area contributed by atoms with Crippen LogP contribution in [0.25, 0.3) is 0 Å². The van der Waals surface area contributed by atoms with Crippen LogP contribution in [-0.4, -0.2) is 26.9 Å². The highest BCUT2D eigenvalue weighted by Gasteiger charge is 2.26. The number of rotatable bonds is 3. The molecule has 0 aliphatic heterocycles. The molecule has 1 aromatic heterocycles. The molecule has 1 atom stereocenters. The van der Waals surface area contributed by atoms with E-state index in [0.717, 1.165) is 12.8 Å². The minimum absolute atomic E-state index is 0.0527. The molecule has 1 aromatic rings. The zero-order chi connectivity index (χ0) is 10.1. The van der Waals surface area contributed by atoms with Crippen molar-refractivity contribution < 1.29 is 4.79 Å². The fourth-order valence-corrected chi connectivity index (χ4v) is 1.13. The van der Waals surface area contributed by atoms with E-state index in [2.05, 4.69) is 15.5 Å². The lowest BCUT2D eigenvalue weighted by Gasteiger charge is -2.10. The molecule has 1 saturated carbocycles. The molecule has 1 heterocycles. The maximum absolute atomic E-state index is 11.6. The van der Waals surface area contributed by atoms with E-state index in [1.807, 2.05) is 0 Å². The Morgan fingerprint density at radius 1 is 1.79 bits per heavy atom. The largest absolute Gasteiger partial charge is 0.381 e. The van der Waals surface area contributed by atoms with E-state index in [1.165, 1.54) is 11.0 Å². The predicted molar refractivity (Wildman–Crippen MR) is 50.3 cm³/mol. The van der Waals surface area contributed by atoms with E-state index >= 15 is 0 Å². The van der Waals surface area contributed by atoms with Crippen LogP contribution in [0.2, 0.25) is 0 Å². The van der Waals surface area contributed by atoms with Gasteiger partial charge in [0.1, 0.15) is 6.04 Å². The van der Waals surface area contributed by atoms with Crippen LogP contribution >= 0.6 is 0 Å². The molecule has 2 rings (SSSR count). The molecule has 1 unspecified atom stereocenters. The zero-order valence-corrected chi connectivity index (χ0v) is 7.97. The molecule has 0 aromatic carbocycles. The number of anilines is 1. The first kappa shape index (κ1) is 8.98. The van der Waals surface area contributed by atoms with Gasteiger partial charge in [-0.25, -0.2) is 0 Å². The first-order valence-corrected chi connectivity index (χ1v) is 4.64. The maximum Gasteiger partial charge on any atom is 0.246 e. The molecule has 76 valence electrons. The number of nitrogens with two attached hydrogens (primary N) is 1. The second-order valence-electron chi connectivity index (χ2n) is 3.55. The van der Waals surface area contributed by atoms with Crippen LogP contribution in [0.5, 0.6) is 0 Å². The number of aromatic nitrogens is 3. The lowest BCUT2D eigenvalue weighted by molar-refractivity contribution is -0.124. The summed E-state index contributed by atoms with van der Waals surface area (Å²) in [5.41, 5.74) is 5.40. The van der Waals surface area contributed by atoms with Crippen LogP contribution in [-0.2, 0) is 4.79 Å². The van der Waals surface area contributed by atoms with E-state index in [9.17, 15) is 4.79 Å². The van der Waals surface area contributed by atoms with Gasteiger partial charge in [0.25, 0.3) is 0 Å². The maximum atomic E-state index is 11.6. The molecular weight excluding hydrogens is 182 g/mol. The molecule has 1 amide bonds. The molecule has 3 N–H and O–H groups in total. The first-order valence-electron chi connectivity index (χ1n) is 4.64. The van der Waals surface area contributed by atoms with Gasteiger partial charge in [0, 0.05) is 6.04 Å². The second-order valence-corrected chi connectivity index (χ2v) is 3.55. The minimum atomic E-state index is -0.395. The summed E-state index contributed by atoms with van der Waals surface area (Å²) in [6.45, 7) is 1.75. The number of nitrogens with one attached hydrogen (secondary N) is 1. The Morgan fingerprint density at radius 2 is 2.50 bits per heavy atom. The monoisotopic (exact) mass is 195 g/mol. The molecule has 1 aliphatic rings. The zero-order valence-electron chi connectivity index (χ0n) is 7.97. The van der Waals surface area contributed by atoms with Gasteiger partial charge in [-0.05, 0) is 19.8 Å². The summed E-state index contributed by atoms with van der Waals surface area (Å²) in [5, 5.41) is 10.6. The van der Waals surface area contributed by atoms with Gasteiger partial charge in [-0.2, -0.15) is 9.90 Å². The van der Waals surface area contributed by atoms with Gasteiger partial charge in [-0.1, -0.05) is 0 Å². The van der Waals surface area contributed by atoms with Gasteiger partial charge >= 0.3 is 0 Å². The summed E-state index contributed by atoms with van der Waals surface area (Å²) in [6.07, 6.45) is 3.58. The van der Waals surface area contributed by atoms with Crippen molar-refractivity contribution in [3.8, 4) is 0 Å². The standard InChI is InChI=1S/C8H13N5O/c1-5(8(14)11-6-2-3-6)13-10-4-7(9)12-13/h4-6H,2-3H2,1H3,(H2,9,12)(H,11,14). The number of carbonyl (C=O) groups is 1. The normalized spacial score (nSPS) is 17.8. The third-order valence-corrected chi connectivity index (χ3v) is 2.18. The summed E-state index contributed by atoms with van der Waals surface area (Å²) < 4.78 is 0. The summed E-state index contributed by atoms with van der Waals surface area (Å²) >= 11 is 0. The highest BCUT2D eigenvalue weighted by atomic mass is 16.2. The van der Waals surface area contributed by atoms with Gasteiger partial charge in [-0.3, -0.25) is 4.79 Å². The fraction of sp³-hybridized carbons (Fsp3) is 0.625. The Balaban J connectivity index is 1.99. The quantitative estimate of drug-likeness (QED) is 0.693. The SMILES string of the molecule is CC(C(=O)NC1CC1)n1ncc(N)n1. The Labute approximate surface area is 81.5 Å². The number of amides is 1. The van der Waals surface area contributed by atoms with Crippen LogP contribution in [0.3, 0.4) is 0 Å². The van der Waals surface area contributed by atoms with Crippen LogP contribution in [0.15, 0.2) is 6.20 Å². The summed E-state index contributed by atoms with van der Waals surface area (Å²) in [4.78, 5) is 12.9. The topological polar surface area (TPSA) is 85.8 Å².